The number of piperidine rings is 1. The van der Waals surface area contributed by atoms with Crippen molar-refractivity contribution >= 4 is 11.6 Å². The van der Waals surface area contributed by atoms with Crippen LogP contribution in [0.25, 0.3) is 0 Å². The number of hydrogen-bond acceptors (Lipinski definition) is 3. The molecule has 0 radical (unpaired) electrons. The van der Waals surface area contributed by atoms with Crippen molar-refractivity contribution < 1.29 is 0 Å². The van der Waals surface area contributed by atoms with Crippen molar-refractivity contribution in [3.63, 3.8) is 0 Å². The second-order valence-electron chi connectivity index (χ2n) is 4.32. The van der Waals surface area contributed by atoms with Crippen LogP contribution in [0.5, 0.6) is 0 Å². The molecule has 2 rings (SSSR count). The maximum atomic E-state index is 6.19. The highest BCUT2D eigenvalue weighted by Crippen LogP contribution is 2.22. The Bertz CT molecular complexity index is 325. The summed E-state index contributed by atoms with van der Waals surface area (Å²) in [7, 11) is 1.93. The monoisotopic (exact) mass is 228 g/mol. The minimum absolute atomic E-state index is 0.334. The quantitative estimate of drug-likeness (QED) is 0.715. The number of rotatable bonds is 2. The topological polar surface area (TPSA) is 34.0 Å². The Hall–Kier alpha value is -0.610. The van der Waals surface area contributed by atoms with Crippen molar-refractivity contribution in [1.29, 1.82) is 0 Å². The SMILES string of the molecule is CC1CN(Cc2ncnn2C)CCC1Cl. The third-order valence-corrected chi connectivity index (χ3v) is 3.70. The van der Waals surface area contributed by atoms with Crippen LogP contribution in [0.4, 0.5) is 0 Å². The summed E-state index contributed by atoms with van der Waals surface area (Å²) in [5, 5.41) is 4.40. The van der Waals surface area contributed by atoms with Gasteiger partial charge in [0.05, 0.1) is 6.54 Å². The zero-order chi connectivity index (χ0) is 10.8. The molecule has 2 heterocycles. The van der Waals surface area contributed by atoms with Gasteiger partial charge < -0.3 is 0 Å². The molecule has 2 atom stereocenters. The van der Waals surface area contributed by atoms with E-state index in [2.05, 4.69) is 21.9 Å². The third kappa shape index (κ3) is 2.49. The predicted octanol–water partition coefficient (Wildman–Crippen LogP) is 1.26. The van der Waals surface area contributed by atoms with Crippen LogP contribution in [-0.4, -0.2) is 38.1 Å². The molecular weight excluding hydrogens is 212 g/mol. The first-order valence-electron chi connectivity index (χ1n) is 5.36. The molecule has 0 spiro atoms. The van der Waals surface area contributed by atoms with Gasteiger partial charge in [0.1, 0.15) is 12.2 Å². The lowest BCUT2D eigenvalue weighted by atomic mass is 10.00. The van der Waals surface area contributed by atoms with Crippen LogP contribution in [-0.2, 0) is 13.6 Å². The van der Waals surface area contributed by atoms with Gasteiger partial charge in [-0.15, -0.1) is 11.6 Å². The van der Waals surface area contributed by atoms with E-state index < -0.39 is 0 Å². The number of aromatic nitrogens is 3. The summed E-state index contributed by atoms with van der Waals surface area (Å²) in [4.78, 5) is 6.63. The van der Waals surface area contributed by atoms with Gasteiger partial charge in [0.15, 0.2) is 0 Å². The smallest absolute Gasteiger partial charge is 0.140 e. The van der Waals surface area contributed by atoms with Gasteiger partial charge in [-0.25, -0.2) is 4.98 Å². The van der Waals surface area contributed by atoms with Crippen LogP contribution in [0.2, 0.25) is 0 Å². The largest absolute Gasteiger partial charge is 0.296 e. The summed E-state index contributed by atoms with van der Waals surface area (Å²) >= 11 is 6.19. The van der Waals surface area contributed by atoms with Crippen molar-refractivity contribution in [2.45, 2.75) is 25.3 Å². The van der Waals surface area contributed by atoms with E-state index in [0.29, 0.717) is 11.3 Å². The van der Waals surface area contributed by atoms with Crippen molar-refractivity contribution in [3.05, 3.63) is 12.2 Å². The van der Waals surface area contributed by atoms with E-state index in [1.165, 1.54) is 0 Å². The van der Waals surface area contributed by atoms with Gasteiger partial charge in [-0.3, -0.25) is 9.58 Å². The molecule has 5 heteroatoms. The predicted molar refractivity (Wildman–Crippen MR) is 59.7 cm³/mol. The van der Waals surface area contributed by atoms with Crippen LogP contribution in [0.1, 0.15) is 19.2 Å². The normalized spacial score (nSPS) is 28.2. The van der Waals surface area contributed by atoms with E-state index in [9.17, 15) is 0 Å². The van der Waals surface area contributed by atoms with E-state index in [0.717, 1.165) is 31.9 Å². The van der Waals surface area contributed by atoms with Gasteiger partial charge in [0.2, 0.25) is 0 Å². The van der Waals surface area contributed by atoms with E-state index in [1.54, 1.807) is 6.33 Å². The lowest BCUT2D eigenvalue weighted by Crippen LogP contribution is -2.39. The molecule has 1 aromatic rings. The summed E-state index contributed by atoms with van der Waals surface area (Å²) in [6.07, 6.45) is 2.67. The first-order valence-corrected chi connectivity index (χ1v) is 5.79. The first-order chi connectivity index (χ1) is 7.16. The molecule has 2 unspecified atom stereocenters. The molecule has 0 saturated carbocycles. The van der Waals surface area contributed by atoms with Crippen molar-refractivity contribution in [2.24, 2.45) is 13.0 Å². The minimum Gasteiger partial charge on any atom is -0.296 e. The third-order valence-electron chi connectivity index (χ3n) is 3.05. The fourth-order valence-electron chi connectivity index (χ4n) is 2.01. The van der Waals surface area contributed by atoms with Crippen molar-refractivity contribution in [3.8, 4) is 0 Å². The molecule has 1 aliphatic rings. The Morgan fingerprint density at radius 2 is 2.40 bits per heavy atom. The lowest BCUT2D eigenvalue weighted by Gasteiger charge is -2.33. The maximum absolute atomic E-state index is 6.19. The van der Waals surface area contributed by atoms with Crippen LogP contribution in [0.3, 0.4) is 0 Å². The number of alkyl halides is 1. The Kier molecular flexibility index (Phi) is 3.26. The molecule has 84 valence electrons. The lowest BCUT2D eigenvalue weighted by molar-refractivity contribution is 0.174. The van der Waals surface area contributed by atoms with Gasteiger partial charge in [-0.05, 0) is 12.3 Å². The molecule has 1 aliphatic heterocycles. The number of halogens is 1. The molecule has 0 aliphatic carbocycles. The van der Waals surface area contributed by atoms with E-state index in [4.69, 9.17) is 11.6 Å². The molecule has 1 saturated heterocycles. The van der Waals surface area contributed by atoms with Crippen LogP contribution < -0.4 is 0 Å². The Morgan fingerprint density at radius 3 is 3.00 bits per heavy atom. The summed E-state index contributed by atoms with van der Waals surface area (Å²) < 4.78 is 1.83. The van der Waals surface area contributed by atoms with Crippen LogP contribution in [0.15, 0.2) is 6.33 Å². The Balaban J connectivity index is 1.94. The summed E-state index contributed by atoms with van der Waals surface area (Å²) in [6.45, 7) is 5.21. The van der Waals surface area contributed by atoms with Gasteiger partial charge in [0, 0.05) is 25.5 Å². The first kappa shape index (κ1) is 10.9. The molecule has 15 heavy (non-hydrogen) atoms. The fraction of sp³-hybridized carbons (Fsp3) is 0.800. The molecule has 1 aromatic heterocycles. The maximum Gasteiger partial charge on any atom is 0.140 e. The second kappa shape index (κ2) is 4.49. The van der Waals surface area contributed by atoms with Gasteiger partial charge >= 0.3 is 0 Å². The standard InChI is InChI=1S/C10H17ClN4/c1-8-5-15(4-3-9(8)11)6-10-12-7-13-14(10)2/h7-9H,3-6H2,1-2H3. The molecular formula is C10H17ClN4. The molecule has 1 fully saturated rings. The highest BCUT2D eigenvalue weighted by Gasteiger charge is 2.24. The number of nitrogens with zero attached hydrogens (tertiary/aromatic N) is 4. The highest BCUT2D eigenvalue weighted by molar-refractivity contribution is 6.20. The zero-order valence-corrected chi connectivity index (χ0v) is 9.98. The van der Waals surface area contributed by atoms with Crippen LogP contribution in [0, 0.1) is 5.92 Å². The van der Waals surface area contributed by atoms with Crippen molar-refractivity contribution in [2.75, 3.05) is 13.1 Å². The van der Waals surface area contributed by atoms with Crippen LogP contribution >= 0.6 is 11.6 Å². The average Bonchev–Trinajstić information content (AvgIpc) is 2.59. The molecule has 0 bridgehead atoms. The molecule has 4 nitrogen and oxygen atoms in total. The number of aryl methyl sites for hydroxylation is 1. The second-order valence-corrected chi connectivity index (χ2v) is 4.88. The van der Waals surface area contributed by atoms with Crippen molar-refractivity contribution in [1.82, 2.24) is 19.7 Å². The summed E-state index contributed by atoms with van der Waals surface area (Å²) in [5.74, 6) is 1.59. The van der Waals surface area contributed by atoms with E-state index in [1.807, 2.05) is 11.7 Å². The zero-order valence-electron chi connectivity index (χ0n) is 9.23. The van der Waals surface area contributed by atoms with Gasteiger partial charge in [0.25, 0.3) is 0 Å². The van der Waals surface area contributed by atoms with E-state index in [-0.39, 0.29) is 0 Å². The highest BCUT2D eigenvalue weighted by atomic mass is 35.5. The molecule has 0 aromatic carbocycles. The molecule has 0 amide bonds. The Morgan fingerprint density at radius 1 is 1.60 bits per heavy atom. The fourth-order valence-corrected chi connectivity index (χ4v) is 2.19. The van der Waals surface area contributed by atoms with Gasteiger partial charge in [-0.2, -0.15) is 5.10 Å². The number of likely N-dealkylation sites (tertiary alicyclic amines) is 1. The summed E-state index contributed by atoms with van der Waals surface area (Å²) in [5.41, 5.74) is 0. The molecule has 0 N–H and O–H groups in total. The Labute approximate surface area is 95.2 Å². The number of hydrogen-bond donors (Lipinski definition) is 0. The van der Waals surface area contributed by atoms with E-state index >= 15 is 0 Å². The average molecular weight is 229 g/mol. The van der Waals surface area contributed by atoms with Gasteiger partial charge in [-0.1, -0.05) is 6.92 Å². The summed E-state index contributed by atoms with van der Waals surface area (Å²) in [6, 6.07) is 0. The minimum atomic E-state index is 0.334.